The molecule has 17 heteroatoms. The van der Waals surface area contributed by atoms with E-state index in [1.54, 1.807) is 20.8 Å². The molecule has 0 aliphatic carbocycles. The van der Waals surface area contributed by atoms with Crippen molar-refractivity contribution < 1.29 is 49.5 Å². The third-order valence-electron chi connectivity index (χ3n) is 6.69. The van der Waals surface area contributed by atoms with Crippen LogP contribution in [-0.4, -0.2) is 67.3 Å². The molecule has 2 aliphatic heterocycles. The summed E-state index contributed by atoms with van der Waals surface area (Å²) in [4.78, 5) is 43.1. The van der Waals surface area contributed by atoms with Crippen molar-refractivity contribution in [3.63, 3.8) is 0 Å². The van der Waals surface area contributed by atoms with Gasteiger partial charge in [-0.1, -0.05) is 20.8 Å². The van der Waals surface area contributed by atoms with Gasteiger partial charge in [0.1, 0.15) is 28.8 Å². The fourth-order valence-electron chi connectivity index (χ4n) is 4.34. The van der Waals surface area contributed by atoms with Gasteiger partial charge in [0.15, 0.2) is 0 Å². The van der Waals surface area contributed by atoms with Gasteiger partial charge in [-0.15, -0.1) is 0 Å². The van der Waals surface area contributed by atoms with E-state index in [4.69, 9.17) is 9.88 Å². The van der Waals surface area contributed by atoms with E-state index in [2.05, 4.69) is 10.3 Å². The largest absolute Gasteiger partial charge is 0.443 e. The Kier molecular flexibility index (Phi) is 8.27. The molecular weight excluding hydrogens is 605 g/mol. The highest BCUT2D eigenvalue weighted by molar-refractivity contribution is 7.89. The molecule has 2 aliphatic rings. The molecule has 11 nitrogen and oxygen atoms in total. The summed E-state index contributed by atoms with van der Waals surface area (Å²) in [5, 5.41) is 7.25. The van der Waals surface area contributed by atoms with Crippen molar-refractivity contribution in [2.45, 2.75) is 38.4 Å². The maximum atomic E-state index is 14.5. The lowest BCUT2D eigenvalue weighted by molar-refractivity contribution is -0.137. The molecule has 0 atom stereocenters. The molecule has 3 heterocycles. The van der Waals surface area contributed by atoms with Crippen molar-refractivity contribution in [2.75, 3.05) is 31.5 Å². The first-order valence-electron chi connectivity index (χ1n) is 12.6. The molecule has 3 N–H and O–H groups in total. The highest BCUT2D eigenvalue weighted by Gasteiger charge is 2.37. The van der Waals surface area contributed by atoms with Crippen LogP contribution in [0.25, 0.3) is 0 Å². The molecule has 0 saturated carbocycles. The Hall–Kier alpha value is -4.12. The Balaban J connectivity index is 1.39. The molecule has 4 rings (SSSR count). The van der Waals surface area contributed by atoms with E-state index in [0.717, 1.165) is 0 Å². The number of carbonyl (C=O) groups excluding carboxylic acids is 3. The van der Waals surface area contributed by atoms with Crippen molar-refractivity contribution >= 4 is 33.6 Å². The number of halogens is 5. The standard InChI is InChI=1S/C26H26F5N5O6S/c1-25(2,3)23(38)34-19-4-15(26(29,30)31)7-33-20(19)12-42-24(39)36-10-13-8-35(9-14(13)11-36)22(37)16-5-18(28)21(6-17(16)27)43(32,40)41/h4-7H,8-12H2,1-3H3,(H,34,38)(H2,32,40,41). The van der Waals surface area contributed by atoms with E-state index < -0.39 is 73.8 Å². The third-order valence-corrected chi connectivity index (χ3v) is 7.62. The number of benzene rings is 1. The first-order valence-corrected chi connectivity index (χ1v) is 14.1. The van der Waals surface area contributed by atoms with E-state index in [0.29, 0.717) is 35.5 Å². The van der Waals surface area contributed by atoms with E-state index >= 15 is 0 Å². The first-order chi connectivity index (χ1) is 19.8. The number of primary sulfonamides is 1. The number of amides is 3. The molecule has 0 saturated heterocycles. The number of carbonyl (C=O) groups is 3. The molecule has 3 amide bonds. The van der Waals surface area contributed by atoms with E-state index in [9.17, 15) is 44.8 Å². The van der Waals surface area contributed by atoms with Crippen molar-refractivity contribution in [3.05, 3.63) is 64.0 Å². The van der Waals surface area contributed by atoms with Crippen molar-refractivity contribution in [2.24, 2.45) is 10.6 Å². The van der Waals surface area contributed by atoms with Gasteiger partial charge in [0, 0.05) is 37.8 Å². The zero-order chi connectivity index (χ0) is 32.1. The van der Waals surface area contributed by atoms with Crippen LogP contribution >= 0.6 is 0 Å². The van der Waals surface area contributed by atoms with Crippen LogP contribution in [0, 0.1) is 17.0 Å². The summed E-state index contributed by atoms with van der Waals surface area (Å²) in [6.07, 6.45) is -5.01. The highest BCUT2D eigenvalue weighted by atomic mass is 32.2. The quantitative estimate of drug-likeness (QED) is 0.379. The summed E-state index contributed by atoms with van der Waals surface area (Å²) in [6.45, 7) is 4.13. The zero-order valence-corrected chi connectivity index (χ0v) is 23.8. The maximum absolute atomic E-state index is 14.5. The molecule has 0 radical (unpaired) electrons. The van der Waals surface area contributed by atoms with Gasteiger partial charge >= 0.3 is 12.3 Å². The second-order valence-corrected chi connectivity index (χ2v) is 12.5. The van der Waals surface area contributed by atoms with E-state index in [1.165, 1.54) is 9.80 Å². The average Bonchev–Trinajstić information content (AvgIpc) is 3.46. The first kappa shape index (κ1) is 31.8. The number of anilines is 1. The van der Waals surface area contributed by atoms with Crippen LogP contribution in [0.15, 0.2) is 40.4 Å². The predicted octanol–water partition coefficient (Wildman–Crippen LogP) is 3.42. The van der Waals surface area contributed by atoms with Gasteiger partial charge in [-0.3, -0.25) is 14.6 Å². The molecule has 0 fully saturated rings. The van der Waals surface area contributed by atoms with Crippen molar-refractivity contribution in [3.8, 4) is 0 Å². The molecule has 232 valence electrons. The summed E-state index contributed by atoms with van der Waals surface area (Å²) in [5.74, 6) is -4.14. The number of alkyl halides is 3. The van der Waals surface area contributed by atoms with Gasteiger partial charge in [0.25, 0.3) is 5.91 Å². The number of hydrogen-bond acceptors (Lipinski definition) is 7. The summed E-state index contributed by atoms with van der Waals surface area (Å²) >= 11 is 0. The van der Waals surface area contributed by atoms with Crippen LogP contribution in [0.2, 0.25) is 0 Å². The minimum atomic E-state index is -4.73. The summed E-state index contributed by atoms with van der Waals surface area (Å²) in [6, 6.07) is 1.49. The average molecular weight is 632 g/mol. The van der Waals surface area contributed by atoms with Crippen LogP contribution in [-0.2, 0) is 32.3 Å². The highest BCUT2D eigenvalue weighted by Crippen LogP contribution is 2.33. The number of aromatic nitrogens is 1. The fourth-order valence-corrected chi connectivity index (χ4v) is 4.94. The molecule has 0 unspecified atom stereocenters. The maximum Gasteiger partial charge on any atom is 0.417 e. The van der Waals surface area contributed by atoms with Gasteiger partial charge in [0.05, 0.1) is 16.8 Å². The van der Waals surface area contributed by atoms with Gasteiger partial charge < -0.3 is 19.9 Å². The van der Waals surface area contributed by atoms with E-state index in [-0.39, 0.29) is 37.6 Å². The minimum absolute atomic E-state index is 0.0210. The lowest BCUT2D eigenvalue weighted by Crippen LogP contribution is -2.37. The predicted molar refractivity (Wildman–Crippen MR) is 140 cm³/mol. The molecule has 2 aromatic rings. The minimum Gasteiger partial charge on any atom is -0.443 e. The molecule has 0 bridgehead atoms. The normalized spacial score (nSPS) is 15.6. The van der Waals surface area contributed by atoms with Gasteiger partial charge in [-0.2, -0.15) is 13.2 Å². The monoisotopic (exact) mass is 631 g/mol. The molecule has 43 heavy (non-hydrogen) atoms. The number of rotatable bonds is 5. The summed E-state index contributed by atoms with van der Waals surface area (Å²) < 4.78 is 96.5. The Morgan fingerprint density at radius 2 is 1.56 bits per heavy atom. The molecule has 0 spiro atoms. The second kappa shape index (κ2) is 11.2. The van der Waals surface area contributed by atoms with Crippen molar-refractivity contribution in [1.82, 2.24) is 14.8 Å². The summed E-state index contributed by atoms with van der Waals surface area (Å²) in [5.41, 5.74) is -1.84. The zero-order valence-electron chi connectivity index (χ0n) is 23.0. The topological polar surface area (TPSA) is 152 Å². The smallest absolute Gasteiger partial charge is 0.417 e. The lowest BCUT2D eigenvalue weighted by atomic mass is 9.95. The van der Waals surface area contributed by atoms with Crippen LogP contribution in [0.5, 0.6) is 0 Å². The Morgan fingerprint density at radius 3 is 2.09 bits per heavy atom. The van der Waals surface area contributed by atoms with Gasteiger partial charge in [-0.05, 0) is 29.3 Å². The number of nitrogens with one attached hydrogen (secondary N) is 1. The summed E-state index contributed by atoms with van der Waals surface area (Å²) in [7, 11) is -4.55. The van der Waals surface area contributed by atoms with E-state index in [1.807, 2.05) is 0 Å². The Morgan fingerprint density at radius 1 is 0.977 bits per heavy atom. The van der Waals surface area contributed by atoms with Crippen LogP contribution in [0.3, 0.4) is 0 Å². The third kappa shape index (κ3) is 6.93. The number of hydrogen-bond donors (Lipinski definition) is 2. The Labute approximate surface area is 242 Å². The van der Waals surface area contributed by atoms with Gasteiger partial charge in [0.2, 0.25) is 15.9 Å². The number of sulfonamides is 1. The van der Waals surface area contributed by atoms with Crippen LogP contribution < -0.4 is 10.5 Å². The molecule has 1 aromatic heterocycles. The number of nitrogens with two attached hydrogens (primary N) is 1. The van der Waals surface area contributed by atoms with Crippen LogP contribution in [0.1, 0.15) is 42.4 Å². The van der Waals surface area contributed by atoms with Crippen molar-refractivity contribution in [1.29, 1.82) is 0 Å². The van der Waals surface area contributed by atoms with Gasteiger partial charge in [-0.25, -0.2) is 27.1 Å². The number of ether oxygens (including phenoxy) is 1. The fraction of sp³-hybridized carbons (Fsp3) is 0.385. The number of nitrogens with zero attached hydrogens (tertiary/aromatic N) is 3. The molecular formula is C26H26F5N5O6S. The second-order valence-electron chi connectivity index (χ2n) is 11.0. The van der Waals surface area contributed by atoms with Crippen LogP contribution in [0.4, 0.5) is 32.4 Å². The molecule has 1 aromatic carbocycles. The Bertz CT molecular complexity index is 1630. The lowest BCUT2D eigenvalue weighted by Gasteiger charge is -2.23. The SMILES string of the molecule is CC(C)(C)C(=O)Nc1cc(C(F)(F)F)cnc1COC(=O)N1CC2=C(C1)CN(C(=O)c1cc(F)c(S(N)(=O)=O)cc1F)C2. The number of pyridine rings is 1.